The Morgan fingerprint density at radius 3 is 2.93 bits per heavy atom. The molecule has 3 heteroatoms. The average molecular weight is 265 g/mol. The van der Waals surface area contributed by atoms with E-state index in [0.29, 0.717) is 11.6 Å². The first-order chi connectivity index (χ1) is 7.17. The van der Waals surface area contributed by atoms with Crippen molar-refractivity contribution in [1.29, 1.82) is 5.26 Å². The SMILES string of the molecule is C=CCC(C)Nc1ccc(C#N)c(Br)c1. The first-order valence-corrected chi connectivity index (χ1v) is 5.53. The van der Waals surface area contributed by atoms with Crippen LogP contribution in [0, 0.1) is 11.3 Å². The molecular formula is C12H13BrN2. The largest absolute Gasteiger partial charge is 0.382 e. The highest BCUT2D eigenvalue weighted by molar-refractivity contribution is 9.10. The Morgan fingerprint density at radius 1 is 1.67 bits per heavy atom. The molecule has 2 nitrogen and oxygen atoms in total. The molecule has 1 rings (SSSR count). The van der Waals surface area contributed by atoms with Crippen LogP contribution in [0.5, 0.6) is 0 Å². The van der Waals surface area contributed by atoms with Crippen molar-refractivity contribution in [3.8, 4) is 6.07 Å². The van der Waals surface area contributed by atoms with Crippen LogP contribution in [0.3, 0.4) is 0 Å². The molecule has 0 spiro atoms. The van der Waals surface area contributed by atoms with Gasteiger partial charge >= 0.3 is 0 Å². The van der Waals surface area contributed by atoms with E-state index in [9.17, 15) is 0 Å². The number of nitriles is 1. The van der Waals surface area contributed by atoms with Gasteiger partial charge in [-0.15, -0.1) is 6.58 Å². The molecule has 1 aromatic rings. The molecule has 0 radical (unpaired) electrons. The van der Waals surface area contributed by atoms with Crippen molar-refractivity contribution >= 4 is 21.6 Å². The van der Waals surface area contributed by atoms with Gasteiger partial charge in [0.15, 0.2) is 0 Å². The van der Waals surface area contributed by atoms with Crippen molar-refractivity contribution < 1.29 is 0 Å². The second kappa shape index (κ2) is 5.57. The average Bonchev–Trinajstić information content (AvgIpc) is 2.18. The summed E-state index contributed by atoms with van der Waals surface area (Å²) in [6, 6.07) is 8.08. The molecule has 0 aromatic heterocycles. The van der Waals surface area contributed by atoms with Crippen molar-refractivity contribution in [2.24, 2.45) is 0 Å². The molecule has 0 aliphatic carbocycles. The summed E-state index contributed by atoms with van der Waals surface area (Å²) in [5, 5.41) is 12.1. The fourth-order valence-corrected chi connectivity index (χ4v) is 1.76. The smallest absolute Gasteiger partial charge is 0.100 e. The maximum atomic E-state index is 8.76. The van der Waals surface area contributed by atoms with Gasteiger partial charge in [0.05, 0.1) is 5.56 Å². The molecule has 0 heterocycles. The number of hydrogen-bond acceptors (Lipinski definition) is 2. The summed E-state index contributed by atoms with van der Waals surface area (Å²) in [5.41, 5.74) is 1.66. The molecule has 0 aliphatic rings. The van der Waals surface area contributed by atoms with Gasteiger partial charge in [0, 0.05) is 16.2 Å². The van der Waals surface area contributed by atoms with Crippen LogP contribution in [-0.2, 0) is 0 Å². The van der Waals surface area contributed by atoms with Crippen molar-refractivity contribution in [2.45, 2.75) is 19.4 Å². The van der Waals surface area contributed by atoms with Crippen molar-refractivity contribution in [1.82, 2.24) is 0 Å². The minimum Gasteiger partial charge on any atom is -0.382 e. The summed E-state index contributed by atoms with van der Waals surface area (Å²) < 4.78 is 0.820. The van der Waals surface area contributed by atoms with Crippen LogP contribution in [0.4, 0.5) is 5.69 Å². The zero-order valence-electron chi connectivity index (χ0n) is 8.63. The summed E-state index contributed by atoms with van der Waals surface area (Å²) >= 11 is 3.35. The molecule has 78 valence electrons. The normalized spacial score (nSPS) is 11.5. The lowest BCUT2D eigenvalue weighted by molar-refractivity contribution is 0.814. The lowest BCUT2D eigenvalue weighted by Gasteiger charge is -2.13. The van der Waals surface area contributed by atoms with Gasteiger partial charge in [0.1, 0.15) is 6.07 Å². The summed E-state index contributed by atoms with van der Waals surface area (Å²) in [6.45, 7) is 5.79. The van der Waals surface area contributed by atoms with Crippen LogP contribution < -0.4 is 5.32 Å². The quantitative estimate of drug-likeness (QED) is 0.842. The summed E-state index contributed by atoms with van der Waals surface area (Å²) in [5.74, 6) is 0. The van der Waals surface area contributed by atoms with E-state index in [0.717, 1.165) is 16.6 Å². The predicted octanol–water partition coefficient (Wildman–Crippen LogP) is 3.70. The number of benzene rings is 1. The Balaban J connectivity index is 2.76. The number of hydrogen-bond donors (Lipinski definition) is 1. The summed E-state index contributed by atoms with van der Waals surface area (Å²) in [6.07, 6.45) is 2.80. The molecule has 1 N–H and O–H groups in total. The predicted molar refractivity (Wildman–Crippen MR) is 66.8 cm³/mol. The van der Waals surface area contributed by atoms with E-state index in [-0.39, 0.29) is 0 Å². The molecular weight excluding hydrogens is 252 g/mol. The Hall–Kier alpha value is -1.27. The van der Waals surface area contributed by atoms with Gasteiger partial charge < -0.3 is 5.32 Å². The number of rotatable bonds is 4. The minimum atomic E-state index is 0.349. The molecule has 0 amide bonds. The minimum absolute atomic E-state index is 0.349. The third-order valence-electron chi connectivity index (χ3n) is 2.02. The lowest BCUT2D eigenvalue weighted by Crippen LogP contribution is -2.13. The molecule has 1 atom stereocenters. The highest BCUT2D eigenvalue weighted by Crippen LogP contribution is 2.21. The Morgan fingerprint density at radius 2 is 2.40 bits per heavy atom. The highest BCUT2D eigenvalue weighted by atomic mass is 79.9. The maximum absolute atomic E-state index is 8.76. The molecule has 1 aromatic carbocycles. The third kappa shape index (κ3) is 3.41. The monoisotopic (exact) mass is 264 g/mol. The van der Waals surface area contributed by atoms with Crippen molar-refractivity contribution in [2.75, 3.05) is 5.32 Å². The zero-order chi connectivity index (χ0) is 11.3. The van der Waals surface area contributed by atoms with E-state index in [1.807, 2.05) is 18.2 Å². The van der Waals surface area contributed by atoms with Crippen LogP contribution in [0.15, 0.2) is 35.3 Å². The van der Waals surface area contributed by atoms with Crippen LogP contribution >= 0.6 is 15.9 Å². The van der Waals surface area contributed by atoms with Crippen LogP contribution in [0.25, 0.3) is 0 Å². The van der Waals surface area contributed by atoms with Crippen LogP contribution in [0.2, 0.25) is 0 Å². The standard InChI is InChI=1S/C12H13BrN2/c1-3-4-9(2)15-11-6-5-10(8-14)12(13)7-11/h3,5-7,9,15H,1,4H2,2H3. The highest BCUT2D eigenvalue weighted by Gasteiger charge is 2.02. The fraction of sp³-hybridized carbons (Fsp3) is 0.250. The van der Waals surface area contributed by atoms with E-state index >= 15 is 0 Å². The molecule has 1 unspecified atom stereocenters. The van der Waals surface area contributed by atoms with E-state index in [2.05, 4.69) is 40.8 Å². The number of anilines is 1. The van der Waals surface area contributed by atoms with Crippen LogP contribution in [-0.4, -0.2) is 6.04 Å². The Kier molecular flexibility index (Phi) is 4.38. The van der Waals surface area contributed by atoms with Gasteiger partial charge in [0.2, 0.25) is 0 Å². The third-order valence-corrected chi connectivity index (χ3v) is 2.68. The van der Waals surface area contributed by atoms with Gasteiger partial charge in [-0.2, -0.15) is 5.26 Å². The summed E-state index contributed by atoms with van der Waals surface area (Å²) in [7, 11) is 0. The molecule has 0 saturated heterocycles. The van der Waals surface area contributed by atoms with E-state index in [4.69, 9.17) is 5.26 Å². The van der Waals surface area contributed by atoms with Crippen LogP contribution in [0.1, 0.15) is 18.9 Å². The number of nitrogens with one attached hydrogen (secondary N) is 1. The Bertz CT molecular complexity index is 393. The van der Waals surface area contributed by atoms with Crippen molar-refractivity contribution in [3.63, 3.8) is 0 Å². The first-order valence-electron chi connectivity index (χ1n) is 4.74. The van der Waals surface area contributed by atoms with Crippen molar-refractivity contribution in [3.05, 3.63) is 40.9 Å². The van der Waals surface area contributed by atoms with Gasteiger partial charge in [-0.1, -0.05) is 6.08 Å². The van der Waals surface area contributed by atoms with E-state index in [1.54, 1.807) is 6.07 Å². The summed E-state index contributed by atoms with van der Waals surface area (Å²) in [4.78, 5) is 0. The van der Waals surface area contributed by atoms with E-state index < -0.39 is 0 Å². The molecule has 15 heavy (non-hydrogen) atoms. The second-order valence-corrected chi connectivity index (χ2v) is 4.23. The maximum Gasteiger partial charge on any atom is 0.100 e. The lowest BCUT2D eigenvalue weighted by atomic mass is 10.2. The van der Waals surface area contributed by atoms with Gasteiger partial charge in [-0.05, 0) is 47.5 Å². The topological polar surface area (TPSA) is 35.8 Å². The van der Waals surface area contributed by atoms with Gasteiger partial charge in [-0.25, -0.2) is 0 Å². The Labute approximate surface area is 98.7 Å². The second-order valence-electron chi connectivity index (χ2n) is 3.38. The molecule has 0 fully saturated rings. The zero-order valence-corrected chi connectivity index (χ0v) is 10.2. The molecule has 0 bridgehead atoms. The molecule has 0 saturated carbocycles. The molecule has 0 aliphatic heterocycles. The van der Waals surface area contributed by atoms with Gasteiger partial charge in [0.25, 0.3) is 0 Å². The first kappa shape index (κ1) is 11.8. The fourth-order valence-electron chi connectivity index (χ4n) is 1.29. The van der Waals surface area contributed by atoms with Gasteiger partial charge in [-0.3, -0.25) is 0 Å². The number of nitrogens with zero attached hydrogens (tertiary/aromatic N) is 1. The number of halogens is 1. The van der Waals surface area contributed by atoms with E-state index in [1.165, 1.54) is 0 Å².